The van der Waals surface area contributed by atoms with Gasteiger partial charge in [-0.2, -0.15) is 5.26 Å². The Morgan fingerprint density at radius 1 is 0.882 bits per heavy atom. The Labute approximate surface area is 304 Å². The molecule has 2 fully saturated rings. The van der Waals surface area contributed by atoms with Gasteiger partial charge in [-0.15, -0.1) is 0 Å². The maximum atomic E-state index is 14.3. The van der Waals surface area contributed by atoms with Crippen molar-refractivity contribution in [2.45, 2.75) is 80.6 Å². The quantitative estimate of drug-likeness (QED) is 0.146. The van der Waals surface area contributed by atoms with Gasteiger partial charge in [-0.25, -0.2) is 0 Å². The summed E-state index contributed by atoms with van der Waals surface area (Å²) >= 11 is 0. The molecule has 0 aromatic heterocycles. The van der Waals surface area contributed by atoms with Crippen LogP contribution in [0.1, 0.15) is 79.2 Å². The van der Waals surface area contributed by atoms with E-state index in [2.05, 4.69) is 6.07 Å². The number of aryl methyl sites for hydroxylation is 1. The van der Waals surface area contributed by atoms with E-state index in [-0.39, 0.29) is 11.8 Å². The van der Waals surface area contributed by atoms with Gasteiger partial charge in [0.25, 0.3) is 5.91 Å². The molecule has 0 bridgehead atoms. The van der Waals surface area contributed by atoms with Gasteiger partial charge in [0.1, 0.15) is 12.4 Å². The highest BCUT2D eigenvalue weighted by Crippen LogP contribution is 2.38. The second-order valence-electron chi connectivity index (χ2n) is 14.0. The van der Waals surface area contributed by atoms with E-state index in [0.717, 1.165) is 57.8 Å². The normalized spacial score (nSPS) is 17.8. The molecule has 0 N–H and O–H groups in total. The van der Waals surface area contributed by atoms with Crippen molar-refractivity contribution in [2.75, 3.05) is 32.8 Å². The molecule has 0 atom stereocenters. The van der Waals surface area contributed by atoms with Crippen LogP contribution in [0.15, 0.2) is 95.1 Å². The van der Waals surface area contributed by atoms with Crippen LogP contribution in [0.4, 0.5) is 5.69 Å². The molecule has 2 aromatic rings. The number of piperidine rings is 2. The lowest BCUT2D eigenvalue weighted by molar-refractivity contribution is -0.128. The topological polar surface area (TPSA) is 86.0 Å². The zero-order valence-electron chi connectivity index (χ0n) is 31.6. The van der Waals surface area contributed by atoms with Crippen LogP contribution in [0.3, 0.4) is 0 Å². The van der Waals surface area contributed by atoms with Gasteiger partial charge < -0.3 is 14.5 Å². The van der Waals surface area contributed by atoms with Crippen molar-refractivity contribution in [3.05, 3.63) is 106 Å². The first-order valence-electron chi connectivity index (χ1n) is 18.2. The lowest BCUT2D eigenvalue weighted by Crippen LogP contribution is -2.44. The molecule has 0 saturated carbocycles. The average molecular weight is 687 g/mol. The number of carbonyl (C=O) groups excluding carboxylic acids is 2. The number of likely N-dealkylation sites (tertiary alicyclic amines) is 2. The number of nitriles is 1. The number of amides is 2. The van der Waals surface area contributed by atoms with E-state index < -0.39 is 5.41 Å². The molecular formula is C44H54N4O3. The van der Waals surface area contributed by atoms with Crippen molar-refractivity contribution in [1.29, 1.82) is 5.26 Å². The molecule has 0 unspecified atom stereocenters. The second kappa shape index (κ2) is 18.3. The number of para-hydroxylation sites is 1. The van der Waals surface area contributed by atoms with Crippen molar-refractivity contribution >= 4 is 34.4 Å². The van der Waals surface area contributed by atoms with Crippen LogP contribution in [0, 0.1) is 23.7 Å². The minimum atomic E-state index is -0.608. The van der Waals surface area contributed by atoms with Gasteiger partial charge in [-0.05, 0) is 121 Å². The molecular weight excluding hydrogens is 633 g/mol. The molecule has 2 aliphatic heterocycles. The zero-order chi connectivity index (χ0) is 37.0. The summed E-state index contributed by atoms with van der Waals surface area (Å²) < 4.78 is 6.25. The Balaban J connectivity index is 1.69. The van der Waals surface area contributed by atoms with E-state index >= 15 is 0 Å². The third-order valence-electron chi connectivity index (χ3n) is 9.90. The van der Waals surface area contributed by atoms with Gasteiger partial charge in [0.15, 0.2) is 0 Å². The van der Waals surface area contributed by atoms with E-state index in [0.29, 0.717) is 62.5 Å². The third kappa shape index (κ3) is 10.1. The monoisotopic (exact) mass is 686 g/mol. The van der Waals surface area contributed by atoms with E-state index in [1.54, 1.807) is 13.0 Å². The molecule has 7 heteroatoms. The minimum Gasteiger partial charge on any atom is -0.488 e. The lowest BCUT2D eigenvalue weighted by atomic mass is 9.74. The van der Waals surface area contributed by atoms with E-state index in [1.165, 1.54) is 0 Å². The van der Waals surface area contributed by atoms with Crippen LogP contribution >= 0.6 is 0 Å². The van der Waals surface area contributed by atoms with Crippen LogP contribution in [0.2, 0.25) is 0 Å². The van der Waals surface area contributed by atoms with Crippen molar-refractivity contribution in [1.82, 2.24) is 9.80 Å². The summed E-state index contributed by atoms with van der Waals surface area (Å²) in [6.07, 6.45) is 15.7. The zero-order valence-corrected chi connectivity index (χ0v) is 31.6. The van der Waals surface area contributed by atoms with Crippen LogP contribution in [0.25, 0.3) is 11.1 Å². The summed E-state index contributed by atoms with van der Waals surface area (Å²) in [7, 11) is 0. The second-order valence-corrected chi connectivity index (χ2v) is 14.0. The molecule has 51 heavy (non-hydrogen) atoms. The Bertz CT molecular complexity index is 1900. The molecule has 2 aliphatic rings. The molecule has 0 spiro atoms. The SMILES string of the molecule is C\C=C/C=C\C=C(/C)C1(C#N)CCN(C(=O)/C(C)=C/C(C(=O)N2CCCCC2)=c2/cc(OCC(C)=Nc3ccccc3C)ccc2=C(C)C)CC1. The molecule has 0 radical (unpaired) electrons. The Kier molecular flexibility index (Phi) is 14.0. The van der Waals surface area contributed by atoms with Gasteiger partial charge in [0, 0.05) is 37.3 Å². The highest BCUT2D eigenvalue weighted by molar-refractivity contribution is 6.18. The smallest absolute Gasteiger partial charge is 0.254 e. The Morgan fingerprint density at radius 2 is 1.57 bits per heavy atom. The fourth-order valence-corrected chi connectivity index (χ4v) is 6.66. The number of carbonyl (C=O) groups is 2. The summed E-state index contributed by atoms with van der Waals surface area (Å²) in [6, 6.07) is 16.4. The predicted octanol–water partition coefficient (Wildman–Crippen LogP) is 7.68. The molecule has 7 nitrogen and oxygen atoms in total. The summed E-state index contributed by atoms with van der Waals surface area (Å²) in [5, 5.41) is 11.9. The number of hydrogen-bond acceptors (Lipinski definition) is 5. The molecule has 0 aliphatic carbocycles. The number of allylic oxidation sites excluding steroid dienone is 6. The van der Waals surface area contributed by atoms with Crippen molar-refractivity contribution in [3.8, 4) is 11.8 Å². The minimum absolute atomic E-state index is 0.0762. The molecule has 4 rings (SSSR count). The molecule has 2 amide bonds. The summed E-state index contributed by atoms with van der Waals surface area (Å²) in [5.74, 6) is 0.436. The standard InChI is InChI=1S/C44H54N4O3/c1-8-9-10-12-18-35(6)44(31-45)22-26-48(27-23-44)42(49)34(5)28-40(43(50)47-24-15-11-16-25-47)39-29-37(20-21-38(39)32(2)3)51-30-36(7)46-41-19-14-13-17-33(41)4/h8-10,12-14,17-21,28-29H,11,15-16,22-27,30H2,1-7H3/b9-8-,12-10-,34-28+,35-18+,40-39+,46-36?. The maximum Gasteiger partial charge on any atom is 0.254 e. The highest BCUT2D eigenvalue weighted by Gasteiger charge is 2.37. The maximum absolute atomic E-state index is 14.3. The molecule has 2 saturated heterocycles. The number of aliphatic imine (C=N–C) groups is 1. The first kappa shape index (κ1) is 38.8. The average Bonchev–Trinajstić information content (AvgIpc) is 3.15. The number of nitrogens with zero attached hydrogens (tertiary/aromatic N) is 4. The van der Waals surface area contributed by atoms with Crippen LogP contribution in [-0.4, -0.2) is 60.1 Å². The van der Waals surface area contributed by atoms with Crippen molar-refractivity contribution < 1.29 is 14.3 Å². The number of benzene rings is 2. The highest BCUT2D eigenvalue weighted by atomic mass is 16.5. The molecule has 2 heterocycles. The fourth-order valence-electron chi connectivity index (χ4n) is 6.66. The van der Waals surface area contributed by atoms with Crippen LogP contribution in [-0.2, 0) is 9.59 Å². The predicted molar refractivity (Wildman–Crippen MR) is 209 cm³/mol. The first-order chi connectivity index (χ1) is 24.5. The van der Waals surface area contributed by atoms with Crippen LogP contribution < -0.4 is 15.2 Å². The number of hydrogen-bond donors (Lipinski definition) is 0. The van der Waals surface area contributed by atoms with E-state index in [4.69, 9.17) is 9.73 Å². The summed E-state index contributed by atoms with van der Waals surface area (Å²) in [4.78, 5) is 36.8. The first-order valence-corrected chi connectivity index (χ1v) is 18.2. The van der Waals surface area contributed by atoms with Gasteiger partial charge in [0.05, 0.1) is 22.9 Å². The van der Waals surface area contributed by atoms with E-state index in [1.807, 2.05) is 124 Å². The Hall–Kier alpha value is -4.96. The summed E-state index contributed by atoms with van der Waals surface area (Å²) in [6.45, 7) is 16.4. The largest absolute Gasteiger partial charge is 0.488 e. The van der Waals surface area contributed by atoms with Crippen molar-refractivity contribution in [2.24, 2.45) is 10.4 Å². The molecule has 2 aromatic carbocycles. The lowest BCUT2D eigenvalue weighted by Gasteiger charge is -2.38. The summed E-state index contributed by atoms with van der Waals surface area (Å²) in [5.41, 5.74) is 5.28. The fraction of sp³-hybridized carbons (Fsp3) is 0.409. The van der Waals surface area contributed by atoms with E-state index in [9.17, 15) is 14.9 Å². The number of rotatable bonds is 10. The van der Waals surface area contributed by atoms with Gasteiger partial charge in [0.2, 0.25) is 5.91 Å². The van der Waals surface area contributed by atoms with Crippen molar-refractivity contribution in [3.63, 3.8) is 0 Å². The number of ether oxygens (including phenoxy) is 1. The van der Waals surface area contributed by atoms with Crippen LogP contribution in [0.5, 0.6) is 5.75 Å². The third-order valence-corrected chi connectivity index (χ3v) is 9.90. The molecule has 268 valence electrons. The Morgan fingerprint density at radius 3 is 2.22 bits per heavy atom. The van der Waals surface area contributed by atoms with Gasteiger partial charge in [-0.3, -0.25) is 14.6 Å². The van der Waals surface area contributed by atoms with Gasteiger partial charge >= 0.3 is 0 Å². The van der Waals surface area contributed by atoms with Gasteiger partial charge in [-0.1, -0.05) is 65.8 Å².